The summed E-state index contributed by atoms with van der Waals surface area (Å²) in [6.45, 7) is 3.97. The van der Waals surface area contributed by atoms with Gasteiger partial charge in [-0.2, -0.15) is 0 Å². The van der Waals surface area contributed by atoms with Crippen LogP contribution in [0, 0.1) is 13.8 Å². The highest BCUT2D eigenvalue weighted by Gasteiger charge is 2.09. The molecule has 0 saturated heterocycles. The first kappa shape index (κ1) is 13.6. The van der Waals surface area contributed by atoms with Gasteiger partial charge in [0.2, 0.25) is 0 Å². The van der Waals surface area contributed by atoms with Gasteiger partial charge in [0, 0.05) is 5.69 Å². The first-order valence-corrected chi connectivity index (χ1v) is 6.76. The van der Waals surface area contributed by atoms with Gasteiger partial charge in [-0.3, -0.25) is 10.2 Å². The fraction of sp³-hybridized carbons (Fsp3) is 0.467. The van der Waals surface area contributed by atoms with Crippen molar-refractivity contribution in [3.05, 3.63) is 29.3 Å². The normalized spacial score (nSPS) is 14.9. The van der Waals surface area contributed by atoms with E-state index in [1.165, 1.54) is 12.0 Å². The van der Waals surface area contributed by atoms with Crippen LogP contribution in [0.25, 0.3) is 0 Å². The summed E-state index contributed by atoms with van der Waals surface area (Å²) in [5.41, 5.74) is 3.93. The molecule has 1 amide bonds. The van der Waals surface area contributed by atoms with Crippen molar-refractivity contribution in [1.82, 2.24) is 0 Å². The molecule has 102 valence electrons. The highest BCUT2D eigenvalue weighted by molar-refractivity contribution is 5.88. The number of nitrogens with one attached hydrogen (secondary N) is 1. The van der Waals surface area contributed by atoms with Crippen molar-refractivity contribution in [3.8, 4) is 0 Å². The summed E-state index contributed by atoms with van der Waals surface area (Å²) in [5.74, 6) is 0. The van der Waals surface area contributed by atoms with Crippen LogP contribution in [0.15, 0.2) is 23.4 Å². The predicted molar refractivity (Wildman–Crippen MR) is 76.5 cm³/mol. The molecule has 1 aliphatic rings. The molecular formula is C15H20N2O2. The van der Waals surface area contributed by atoms with Crippen molar-refractivity contribution in [2.45, 2.75) is 46.0 Å². The number of carbonyl (C=O) groups excluding carboxylic acids is 1. The van der Waals surface area contributed by atoms with Crippen molar-refractivity contribution < 1.29 is 9.63 Å². The van der Waals surface area contributed by atoms with Crippen LogP contribution in [-0.2, 0) is 4.84 Å². The van der Waals surface area contributed by atoms with Crippen molar-refractivity contribution in [2.24, 2.45) is 5.16 Å². The molecule has 1 aromatic rings. The molecule has 0 aromatic heterocycles. The molecule has 0 heterocycles. The Balaban J connectivity index is 1.90. The van der Waals surface area contributed by atoms with Crippen LogP contribution in [0.4, 0.5) is 10.5 Å². The number of benzene rings is 1. The molecule has 1 saturated carbocycles. The summed E-state index contributed by atoms with van der Waals surface area (Å²) in [7, 11) is 0. The van der Waals surface area contributed by atoms with E-state index in [0.29, 0.717) is 0 Å². The zero-order chi connectivity index (χ0) is 13.7. The molecule has 0 aliphatic heterocycles. The lowest BCUT2D eigenvalue weighted by molar-refractivity contribution is 0.165. The Kier molecular flexibility index (Phi) is 4.55. The van der Waals surface area contributed by atoms with Gasteiger partial charge in [0.25, 0.3) is 0 Å². The Morgan fingerprint density at radius 2 is 1.95 bits per heavy atom. The molecule has 19 heavy (non-hydrogen) atoms. The fourth-order valence-corrected chi connectivity index (χ4v) is 2.24. The quantitative estimate of drug-likeness (QED) is 0.640. The highest BCUT2D eigenvalue weighted by atomic mass is 16.7. The Hall–Kier alpha value is -1.84. The van der Waals surface area contributed by atoms with Gasteiger partial charge in [0.1, 0.15) is 0 Å². The topological polar surface area (TPSA) is 50.7 Å². The van der Waals surface area contributed by atoms with Crippen LogP contribution in [0.5, 0.6) is 0 Å². The first-order chi connectivity index (χ1) is 9.15. The number of amides is 1. The van der Waals surface area contributed by atoms with E-state index >= 15 is 0 Å². The van der Waals surface area contributed by atoms with Crippen LogP contribution in [0.3, 0.4) is 0 Å². The largest absolute Gasteiger partial charge is 0.437 e. The van der Waals surface area contributed by atoms with Crippen molar-refractivity contribution in [3.63, 3.8) is 0 Å². The zero-order valence-electron chi connectivity index (χ0n) is 11.5. The average Bonchev–Trinajstić information content (AvgIpc) is 2.41. The summed E-state index contributed by atoms with van der Waals surface area (Å²) in [6.07, 6.45) is 4.88. The molecule has 1 aromatic carbocycles. The lowest BCUT2D eigenvalue weighted by atomic mass is 9.99. The molecule has 0 atom stereocenters. The molecule has 0 bridgehead atoms. The van der Waals surface area contributed by atoms with Crippen molar-refractivity contribution in [2.75, 3.05) is 5.32 Å². The van der Waals surface area contributed by atoms with E-state index in [2.05, 4.69) is 10.5 Å². The zero-order valence-corrected chi connectivity index (χ0v) is 11.5. The number of hydrogen-bond donors (Lipinski definition) is 1. The fourth-order valence-electron chi connectivity index (χ4n) is 2.24. The lowest BCUT2D eigenvalue weighted by Crippen LogP contribution is -2.14. The molecule has 1 aliphatic carbocycles. The van der Waals surface area contributed by atoms with E-state index < -0.39 is 6.09 Å². The molecule has 0 radical (unpaired) electrons. The summed E-state index contributed by atoms with van der Waals surface area (Å²) >= 11 is 0. The summed E-state index contributed by atoms with van der Waals surface area (Å²) in [6, 6.07) is 5.85. The molecule has 1 fully saturated rings. The standard InChI is InChI=1S/C15H20N2O2/c1-11-8-9-14(12(2)10-11)16-15(18)19-17-13-6-4-3-5-7-13/h8-10H,3-7H2,1-2H3,(H,16,18). The second-order valence-electron chi connectivity index (χ2n) is 5.04. The van der Waals surface area contributed by atoms with Crippen LogP contribution in [0.2, 0.25) is 0 Å². The summed E-state index contributed by atoms with van der Waals surface area (Å²) in [4.78, 5) is 16.6. The van der Waals surface area contributed by atoms with Gasteiger partial charge in [-0.05, 0) is 51.2 Å². The lowest BCUT2D eigenvalue weighted by Gasteiger charge is -2.11. The van der Waals surface area contributed by atoms with Gasteiger partial charge >= 0.3 is 6.09 Å². The molecule has 0 unspecified atom stereocenters. The smallest absolute Gasteiger partial charge is 0.298 e. The predicted octanol–water partition coefficient (Wildman–Crippen LogP) is 4.17. The van der Waals surface area contributed by atoms with Crippen LogP contribution in [-0.4, -0.2) is 11.8 Å². The number of rotatable bonds is 2. The molecule has 2 rings (SSSR count). The van der Waals surface area contributed by atoms with E-state index in [1.54, 1.807) is 0 Å². The summed E-state index contributed by atoms with van der Waals surface area (Å²) < 4.78 is 0. The van der Waals surface area contributed by atoms with Gasteiger partial charge in [-0.25, -0.2) is 4.79 Å². The van der Waals surface area contributed by atoms with Crippen LogP contribution >= 0.6 is 0 Å². The molecular weight excluding hydrogens is 240 g/mol. The number of nitrogens with zero attached hydrogens (tertiary/aromatic N) is 1. The van der Waals surface area contributed by atoms with Gasteiger partial charge in [0.15, 0.2) is 0 Å². The third-order valence-corrected chi connectivity index (χ3v) is 3.31. The monoisotopic (exact) mass is 260 g/mol. The van der Waals surface area contributed by atoms with Crippen molar-refractivity contribution >= 4 is 17.5 Å². The third kappa shape index (κ3) is 4.09. The molecule has 4 nitrogen and oxygen atoms in total. The van der Waals surface area contributed by atoms with Crippen LogP contribution in [0.1, 0.15) is 43.2 Å². The van der Waals surface area contributed by atoms with Gasteiger partial charge in [-0.15, -0.1) is 0 Å². The Labute approximate surface area is 113 Å². The maximum atomic E-state index is 11.7. The average molecular weight is 260 g/mol. The SMILES string of the molecule is Cc1ccc(NC(=O)ON=C2CCCCC2)c(C)c1. The van der Waals surface area contributed by atoms with Gasteiger partial charge < -0.3 is 0 Å². The van der Waals surface area contributed by atoms with Crippen molar-refractivity contribution in [1.29, 1.82) is 0 Å². The molecule has 4 heteroatoms. The van der Waals surface area contributed by atoms with E-state index in [-0.39, 0.29) is 0 Å². The summed E-state index contributed by atoms with van der Waals surface area (Å²) in [5, 5.41) is 6.64. The van der Waals surface area contributed by atoms with Crippen LogP contribution < -0.4 is 5.32 Å². The van der Waals surface area contributed by atoms with E-state index in [1.807, 2.05) is 32.0 Å². The molecule has 1 N–H and O–H groups in total. The minimum Gasteiger partial charge on any atom is -0.298 e. The minimum absolute atomic E-state index is 0.523. The maximum absolute atomic E-state index is 11.7. The van der Waals surface area contributed by atoms with Gasteiger partial charge in [0.05, 0.1) is 5.71 Å². The first-order valence-electron chi connectivity index (χ1n) is 6.76. The maximum Gasteiger partial charge on any atom is 0.437 e. The third-order valence-electron chi connectivity index (χ3n) is 3.31. The Morgan fingerprint density at radius 1 is 1.21 bits per heavy atom. The van der Waals surface area contributed by atoms with E-state index in [9.17, 15) is 4.79 Å². The number of anilines is 1. The Morgan fingerprint density at radius 3 is 2.63 bits per heavy atom. The number of hydrogen-bond acceptors (Lipinski definition) is 3. The number of carbonyl (C=O) groups is 1. The minimum atomic E-state index is -0.523. The van der Waals surface area contributed by atoms with Gasteiger partial charge in [-0.1, -0.05) is 29.3 Å². The second kappa shape index (κ2) is 6.36. The number of aryl methyl sites for hydroxylation is 2. The van der Waals surface area contributed by atoms with E-state index in [0.717, 1.165) is 42.6 Å². The Bertz CT molecular complexity index is 487. The second-order valence-corrected chi connectivity index (χ2v) is 5.04. The highest BCUT2D eigenvalue weighted by Crippen LogP contribution is 2.17. The van der Waals surface area contributed by atoms with E-state index in [4.69, 9.17) is 4.84 Å². The molecule has 0 spiro atoms. The number of oxime groups is 1.